The summed E-state index contributed by atoms with van der Waals surface area (Å²) in [6.07, 6.45) is 1.60. The minimum Gasteiger partial charge on any atom is -0.480 e. The zero-order chi connectivity index (χ0) is 19.3. The van der Waals surface area contributed by atoms with Crippen LogP contribution in [0.2, 0.25) is 0 Å². The van der Waals surface area contributed by atoms with Crippen molar-refractivity contribution < 1.29 is 19.6 Å². The number of nitro groups is 1. The van der Waals surface area contributed by atoms with Crippen LogP contribution in [0.3, 0.4) is 0 Å². The number of H-pyrrole nitrogens is 1. The highest BCUT2D eigenvalue weighted by atomic mass is 16.6. The molecule has 0 saturated carbocycles. The molecule has 26 heavy (non-hydrogen) atoms. The first kappa shape index (κ1) is 19.7. The highest BCUT2D eigenvalue weighted by molar-refractivity contribution is 5.98. The molecule has 142 valence electrons. The van der Waals surface area contributed by atoms with Gasteiger partial charge in [0.15, 0.2) is 0 Å². The number of fused-ring (bicyclic) bond motifs is 1. The predicted molar refractivity (Wildman–Crippen MR) is 98.6 cm³/mol. The van der Waals surface area contributed by atoms with Gasteiger partial charge in [0, 0.05) is 25.7 Å². The molecule has 1 aliphatic rings. The third-order valence-corrected chi connectivity index (χ3v) is 4.17. The maximum atomic E-state index is 11.7. The Morgan fingerprint density at radius 3 is 2.65 bits per heavy atom. The van der Waals surface area contributed by atoms with E-state index in [9.17, 15) is 14.9 Å². The molecule has 1 atom stereocenters. The highest BCUT2D eigenvalue weighted by Crippen LogP contribution is 2.38. The summed E-state index contributed by atoms with van der Waals surface area (Å²) < 4.78 is 5.30. The molecule has 2 heterocycles. The Morgan fingerprint density at radius 1 is 1.42 bits per heavy atom. The molecule has 1 aromatic heterocycles. The van der Waals surface area contributed by atoms with Gasteiger partial charge < -0.3 is 25.5 Å². The summed E-state index contributed by atoms with van der Waals surface area (Å²) in [5.74, 6) is -1.14. The number of carboxylic acids is 1. The minimum absolute atomic E-state index is 0.0166. The van der Waals surface area contributed by atoms with Crippen LogP contribution in [0.5, 0.6) is 0 Å². The van der Waals surface area contributed by atoms with Crippen LogP contribution in [0.15, 0.2) is 18.3 Å². The Bertz CT molecular complexity index is 783. The number of aliphatic carboxylic acids is 1. The minimum atomic E-state index is -1.14. The van der Waals surface area contributed by atoms with Crippen LogP contribution in [-0.2, 0) is 16.0 Å². The Labute approximate surface area is 150 Å². The number of benzene rings is 1. The van der Waals surface area contributed by atoms with E-state index in [1.807, 2.05) is 18.7 Å². The smallest absolute Gasteiger partial charge is 0.320 e. The Morgan fingerprint density at radius 2 is 2.08 bits per heavy atom. The molecule has 3 rings (SSSR count). The van der Waals surface area contributed by atoms with Gasteiger partial charge in [-0.1, -0.05) is 13.8 Å². The summed E-state index contributed by atoms with van der Waals surface area (Å²) in [5.41, 5.74) is 7.20. The number of nitrogens with zero attached hydrogens (tertiary/aromatic N) is 2. The lowest BCUT2D eigenvalue weighted by Crippen LogP contribution is -2.36. The number of carbonyl (C=O) groups is 1. The number of carboxylic acid groups (broad SMARTS) is 1. The van der Waals surface area contributed by atoms with Crippen molar-refractivity contribution in [2.24, 2.45) is 5.73 Å². The Kier molecular flexibility index (Phi) is 6.53. The lowest BCUT2D eigenvalue weighted by Gasteiger charge is -2.28. The van der Waals surface area contributed by atoms with Gasteiger partial charge in [0.2, 0.25) is 0 Å². The van der Waals surface area contributed by atoms with Crippen LogP contribution in [-0.4, -0.2) is 53.3 Å². The zero-order valence-electron chi connectivity index (χ0n) is 14.9. The Balaban J connectivity index is 0.00000117. The largest absolute Gasteiger partial charge is 0.480 e. The number of hydrogen-bond acceptors (Lipinski definition) is 6. The molecule has 0 bridgehead atoms. The first-order chi connectivity index (χ1) is 12.5. The number of nitrogens with one attached hydrogen (secondary N) is 1. The second-order valence-corrected chi connectivity index (χ2v) is 5.68. The SMILES string of the molecule is CC.NC(Cc1c[nH]c2ccc(N3CCOCC3)c([N+](=O)[O-])c12)C(=O)O. The third kappa shape index (κ3) is 3.94. The van der Waals surface area contributed by atoms with E-state index in [0.717, 1.165) is 0 Å². The van der Waals surface area contributed by atoms with Gasteiger partial charge in [-0.3, -0.25) is 14.9 Å². The number of morpholine rings is 1. The van der Waals surface area contributed by atoms with Gasteiger partial charge in [0.1, 0.15) is 11.7 Å². The summed E-state index contributed by atoms with van der Waals surface area (Å²) in [6.45, 7) is 6.17. The number of aromatic nitrogens is 1. The topological polar surface area (TPSA) is 135 Å². The Hall–Kier alpha value is -2.65. The standard InChI is InChI=1S/C15H18N4O5.C2H6/c16-10(15(20)21)7-9-8-17-11-1-2-12(14(13(9)11)19(22)23)18-3-5-24-6-4-18;1-2/h1-2,8,10,17H,3-7,16H2,(H,20,21);1-2H3. The molecule has 0 radical (unpaired) electrons. The van der Waals surface area contributed by atoms with Gasteiger partial charge in [-0.2, -0.15) is 0 Å². The lowest BCUT2D eigenvalue weighted by molar-refractivity contribution is -0.382. The molecule has 0 spiro atoms. The van der Waals surface area contributed by atoms with E-state index in [-0.39, 0.29) is 12.1 Å². The summed E-state index contributed by atoms with van der Waals surface area (Å²) in [5, 5.41) is 21.2. The van der Waals surface area contributed by atoms with Crippen molar-refractivity contribution in [3.8, 4) is 0 Å². The van der Waals surface area contributed by atoms with E-state index < -0.39 is 16.9 Å². The molecular weight excluding hydrogens is 340 g/mol. The number of nitrogens with two attached hydrogens (primary N) is 1. The maximum Gasteiger partial charge on any atom is 0.320 e. The van der Waals surface area contributed by atoms with Crippen LogP contribution >= 0.6 is 0 Å². The van der Waals surface area contributed by atoms with Gasteiger partial charge in [0.05, 0.1) is 29.0 Å². The molecule has 2 aromatic rings. The van der Waals surface area contributed by atoms with Gasteiger partial charge >= 0.3 is 11.7 Å². The van der Waals surface area contributed by atoms with Crippen molar-refractivity contribution in [3.05, 3.63) is 34.0 Å². The van der Waals surface area contributed by atoms with Crippen molar-refractivity contribution in [3.63, 3.8) is 0 Å². The van der Waals surface area contributed by atoms with Crippen LogP contribution in [0.1, 0.15) is 19.4 Å². The van der Waals surface area contributed by atoms with Crippen LogP contribution < -0.4 is 10.6 Å². The fraction of sp³-hybridized carbons (Fsp3) is 0.471. The molecule has 1 aromatic carbocycles. The number of rotatable bonds is 5. The monoisotopic (exact) mass is 364 g/mol. The van der Waals surface area contributed by atoms with E-state index in [1.54, 1.807) is 18.3 Å². The molecule has 0 aliphatic carbocycles. The fourth-order valence-electron chi connectivity index (χ4n) is 2.99. The number of hydrogen-bond donors (Lipinski definition) is 3. The summed E-state index contributed by atoms with van der Waals surface area (Å²) in [6, 6.07) is 2.36. The van der Waals surface area contributed by atoms with E-state index >= 15 is 0 Å². The third-order valence-electron chi connectivity index (χ3n) is 4.17. The number of nitro benzene ring substituents is 1. The molecule has 4 N–H and O–H groups in total. The average Bonchev–Trinajstić information content (AvgIpc) is 3.06. The van der Waals surface area contributed by atoms with Crippen molar-refractivity contribution in [2.75, 3.05) is 31.2 Å². The summed E-state index contributed by atoms with van der Waals surface area (Å²) >= 11 is 0. The molecule has 0 amide bonds. The van der Waals surface area contributed by atoms with Gasteiger partial charge in [-0.25, -0.2) is 0 Å². The van der Waals surface area contributed by atoms with Crippen molar-refractivity contribution in [1.29, 1.82) is 0 Å². The number of aromatic amines is 1. The van der Waals surface area contributed by atoms with Gasteiger partial charge in [0.25, 0.3) is 0 Å². The summed E-state index contributed by atoms with van der Waals surface area (Å²) in [7, 11) is 0. The second kappa shape index (κ2) is 8.63. The van der Waals surface area contributed by atoms with Gasteiger partial charge in [-0.15, -0.1) is 0 Å². The second-order valence-electron chi connectivity index (χ2n) is 5.68. The molecule has 1 unspecified atom stereocenters. The van der Waals surface area contributed by atoms with Crippen LogP contribution in [0.25, 0.3) is 10.9 Å². The van der Waals surface area contributed by atoms with E-state index in [1.165, 1.54) is 0 Å². The van der Waals surface area contributed by atoms with Gasteiger partial charge in [-0.05, 0) is 17.7 Å². The maximum absolute atomic E-state index is 11.7. The quantitative estimate of drug-likeness (QED) is 0.544. The van der Waals surface area contributed by atoms with Crippen LogP contribution in [0, 0.1) is 10.1 Å². The predicted octanol–water partition coefficient (Wildman–Crippen LogP) is 1.89. The van der Waals surface area contributed by atoms with Crippen molar-refractivity contribution in [2.45, 2.75) is 26.3 Å². The van der Waals surface area contributed by atoms with Crippen molar-refractivity contribution >= 4 is 28.2 Å². The van der Waals surface area contributed by atoms with E-state index in [2.05, 4.69) is 4.98 Å². The molecule has 9 nitrogen and oxygen atoms in total. The molecule has 1 aliphatic heterocycles. The molecular formula is C17H24N4O5. The first-order valence-electron chi connectivity index (χ1n) is 8.57. The highest BCUT2D eigenvalue weighted by Gasteiger charge is 2.27. The van der Waals surface area contributed by atoms with Crippen molar-refractivity contribution in [1.82, 2.24) is 4.98 Å². The normalized spacial score (nSPS) is 15.3. The van der Waals surface area contributed by atoms with Crippen LogP contribution in [0.4, 0.5) is 11.4 Å². The number of ether oxygens (including phenoxy) is 1. The van der Waals surface area contributed by atoms with E-state index in [0.29, 0.717) is 48.5 Å². The fourth-order valence-corrected chi connectivity index (χ4v) is 2.99. The zero-order valence-corrected chi connectivity index (χ0v) is 14.9. The average molecular weight is 364 g/mol. The van der Waals surface area contributed by atoms with E-state index in [4.69, 9.17) is 15.6 Å². The molecule has 1 saturated heterocycles. The lowest BCUT2D eigenvalue weighted by atomic mass is 10.0. The summed E-state index contributed by atoms with van der Waals surface area (Å²) in [4.78, 5) is 27.2. The number of anilines is 1. The molecule has 9 heteroatoms. The first-order valence-corrected chi connectivity index (χ1v) is 8.57. The molecule has 1 fully saturated rings.